The Hall–Kier alpha value is -2.49. The molecular formula is C17H19F3N4O3. The van der Waals surface area contributed by atoms with Gasteiger partial charge in [0.15, 0.2) is 0 Å². The van der Waals surface area contributed by atoms with Gasteiger partial charge >= 0.3 is 6.18 Å². The zero-order valence-corrected chi connectivity index (χ0v) is 14.5. The van der Waals surface area contributed by atoms with Crippen molar-refractivity contribution in [3.05, 3.63) is 29.9 Å². The molecule has 0 spiro atoms. The molecule has 2 aromatic rings. The van der Waals surface area contributed by atoms with Crippen LogP contribution >= 0.6 is 0 Å². The minimum absolute atomic E-state index is 0.0141. The summed E-state index contributed by atoms with van der Waals surface area (Å²) in [6.07, 6.45) is -1.53. The molecule has 10 heteroatoms. The summed E-state index contributed by atoms with van der Waals surface area (Å²) in [4.78, 5) is 19.7. The van der Waals surface area contributed by atoms with Crippen LogP contribution < -0.4 is 5.32 Å². The van der Waals surface area contributed by atoms with Gasteiger partial charge in [0.05, 0.1) is 6.10 Å². The summed E-state index contributed by atoms with van der Waals surface area (Å²) < 4.78 is 43.4. The number of pyridine rings is 1. The van der Waals surface area contributed by atoms with Crippen LogP contribution in [0.25, 0.3) is 11.4 Å². The van der Waals surface area contributed by atoms with Gasteiger partial charge in [0.1, 0.15) is 11.7 Å². The van der Waals surface area contributed by atoms with Crippen LogP contribution in [0.2, 0.25) is 0 Å². The van der Waals surface area contributed by atoms with E-state index in [1.54, 1.807) is 6.92 Å². The van der Waals surface area contributed by atoms with Crippen LogP contribution in [0, 0.1) is 5.92 Å². The molecule has 3 rings (SSSR count). The molecule has 2 aromatic heterocycles. The summed E-state index contributed by atoms with van der Waals surface area (Å²) in [5, 5.41) is 16.0. The zero-order chi connectivity index (χ0) is 19.6. The molecule has 1 fully saturated rings. The number of aromatic nitrogens is 3. The van der Waals surface area contributed by atoms with Gasteiger partial charge in [0, 0.05) is 17.7 Å². The Kier molecular flexibility index (Phi) is 5.45. The Balaban J connectivity index is 1.67. The van der Waals surface area contributed by atoms with Crippen LogP contribution in [0.3, 0.4) is 0 Å². The fourth-order valence-electron chi connectivity index (χ4n) is 2.98. The normalized spacial score (nSPS) is 21.7. The average molecular weight is 384 g/mol. The zero-order valence-electron chi connectivity index (χ0n) is 14.5. The number of nitrogens with one attached hydrogen (secondary N) is 1. The average Bonchev–Trinajstić information content (AvgIpc) is 3.12. The number of carbonyl (C=O) groups excluding carboxylic acids is 1. The summed E-state index contributed by atoms with van der Waals surface area (Å²) in [5.41, 5.74) is -0.931. The van der Waals surface area contributed by atoms with Crippen molar-refractivity contribution in [2.75, 3.05) is 0 Å². The van der Waals surface area contributed by atoms with Crippen molar-refractivity contribution in [1.29, 1.82) is 0 Å². The molecule has 0 bridgehead atoms. The number of rotatable bonds is 4. The lowest BCUT2D eigenvalue weighted by Gasteiger charge is -2.25. The molecule has 27 heavy (non-hydrogen) atoms. The number of amides is 1. The molecule has 2 N–H and O–H groups in total. The molecule has 0 aliphatic heterocycles. The summed E-state index contributed by atoms with van der Waals surface area (Å²) in [5.74, 6) is -0.274. The van der Waals surface area contributed by atoms with Gasteiger partial charge < -0.3 is 14.9 Å². The van der Waals surface area contributed by atoms with Gasteiger partial charge in [0.25, 0.3) is 0 Å². The first kappa shape index (κ1) is 19.3. The van der Waals surface area contributed by atoms with Gasteiger partial charge in [-0.15, -0.1) is 0 Å². The Labute approximate surface area is 153 Å². The first-order valence-electron chi connectivity index (χ1n) is 8.59. The third kappa shape index (κ3) is 4.62. The summed E-state index contributed by atoms with van der Waals surface area (Å²) >= 11 is 0. The maximum atomic E-state index is 12.8. The highest BCUT2D eigenvalue weighted by Crippen LogP contribution is 2.30. The second kappa shape index (κ2) is 7.63. The van der Waals surface area contributed by atoms with E-state index in [0.717, 1.165) is 12.3 Å². The van der Waals surface area contributed by atoms with Crippen LogP contribution in [0.1, 0.15) is 50.2 Å². The smallest absolute Gasteiger partial charge is 0.393 e. The summed E-state index contributed by atoms with van der Waals surface area (Å²) in [6.45, 7) is 1.65. The van der Waals surface area contributed by atoms with E-state index in [2.05, 4.69) is 20.4 Å². The number of hydrogen-bond acceptors (Lipinski definition) is 6. The Morgan fingerprint density at radius 1 is 1.33 bits per heavy atom. The fraction of sp³-hybridized carbons (Fsp3) is 0.529. The van der Waals surface area contributed by atoms with Crippen molar-refractivity contribution in [2.24, 2.45) is 5.92 Å². The number of halogens is 3. The topological polar surface area (TPSA) is 101 Å². The Bertz CT molecular complexity index is 801. The van der Waals surface area contributed by atoms with Crippen molar-refractivity contribution in [1.82, 2.24) is 20.4 Å². The molecular weight excluding hydrogens is 365 g/mol. The van der Waals surface area contributed by atoms with E-state index in [1.807, 2.05) is 0 Å². The quantitative estimate of drug-likeness (QED) is 0.841. The minimum atomic E-state index is -4.57. The van der Waals surface area contributed by atoms with Crippen LogP contribution in [0.4, 0.5) is 13.2 Å². The van der Waals surface area contributed by atoms with Crippen molar-refractivity contribution in [3.63, 3.8) is 0 Å². The van der Waals surface area contributed by atoms with E-state index in [-0.39, 0.29) is 35.2 Å². The number of aliphatic hydroxyl groups is 1. The van der Waals surface area contributed by atoms with Crippen molar-refractivity contribution < 1.29 is 27.6 Å². The molecule has 1 amide bonds. The third-order valence-corrected chi connectivity index (χ3v) is 4.55. The first-order chi connectivity index (χ1) is 12.7. The molecule has 1 unspecified atom stereocenters. The minimum Gasteiger partial charge on any atom is -0.393 e. The monoisotopic (exact) mass is 384 g/mol. The Morgan fingerprint density at radius 3 is 2.70 bits per heavy atom. The van der Waals surface area contributed by atoms with Crippen LogP contribution in [0.5, 0.6) is 0 Å². The standard InChI is InChI=1S/C17H19F3N4O3/c1-9(22-15(26)10-2-4-12(25)5-3-10)16-23-14(24-27-16)11-6-7-21-13(8-11)17(18,19)20/h6-10,12,25H,2-5H2,1H3,(H,22,26)/t9?,10-,12+. The number of alkyl halides is 3. The Morgan fingerprint density at radius 2 is 2.04 bits per heavy atom. The second-order valence-corrected chi connectivity index (χ2v) is 6.62. The van der Waals surface area contributed by atoms with Crippen LogP contribution in [-0.2, 0) is 11.0 Å². The van der Waals surface area contributed by atoms with E-state index >= 15 is 0 Å². The van der Waals surface area contributed by atoms with Gasteiger partial charge in [-0.1, -0.05) is 5.16 Å². The molecule has 7 nitrogen and oxygen atoms in total. The molecule has 1 aliphatic carbocycles. The highest BCUT2D eigenvalue weighted by molar-refractivity contribution is 5.79. The molecule has 0 saturated heterocycles. The molecule has 146 valence electrons. The van der Waals surface area contributed by atoms with Gasteiger partial charge in [-0.3, -0.25) is 9.78 Å². The summed E-state index contributed by atoms with van der Waals surface area (Å²) in [6, 6.07) is 1.60. The third-order valence-electron chi connectivity index (χ3n) is 4.55. The molecule has 0 radical (unpaired) electrons. The molecule has 0 aromatic carbocycles. The first-order valence-corrected chi connectivity index (χ1v) is 8.59. The van der Waals surface area contributed by atoms with Gasteiger partial charge in [0.2, 0.25) is 17.6 Å². The largest absolute Gasteiger partial charge is 0.433 e. The number of carbonyl (C=O) groups is 1. The lowest BCUT2D eigenvalue weighted by atomic mass is 9.87. The number of hydrogen-bond donors (Lipinski definition) is 2. The van der Waals surface area contributed by atoms with Crippen molar-refractivity contribution >= 4 is 5.91 Å². The van der Waals surface area contributed by atoms with Gasteiger partial charge in [-0.25, -0.2) is 0 Å². The second-order valence-electron chi connectivity index (χ2n) is 6.62. The number of aliphatic hydroxyl groups excluding tert-OH is 1. The van der Waals surface area contributed by atoms with E-state index in [4.69, 9.17) is 4.52 Å². The maximum absolute atomic E-state index is 12.8. The number of nitrogens with zero attached hydrogens (tertiary/aromatic N) is 3. The summed E-state index contributed by atoms with van der Waals surface area (Å²) in [7, 11) is 0. The molecule has 1 saturated carbocycles. The van der Waals surface area contributed by atoms with Gasteiger partial charge in [-0.05, 0) is 44.7 Å². The predicted molar refractivity (Wildman–Crippen MR) is 87.1 cm³/mol. The highest BCUT2D eigenvalue weighted by Gasteiger charge is 2.33. The molecule has 1 atom stereocenters. The van der Waals surface area contributed by atoms with Crippen LogP contribution in [0.15, 0.2) is 22.9 Å². The van der Waals surface area contributed by atoms with Crippen molar-refractivity contribution in [2.45, 2.75) is 50.9 Å². The van der Waals surface area contributed by atoms with E-state index < -0.39 is 17.9 Å². The predicted octanol–water partition coefficient (Wildman–Crippen LogP) is 2.88. The highest BCUT2D eigenvalue weighted by atomic mass is 19.4. The SMILES string of the molecule is CC(NC(=O)[C@H]1CC[C@@H](O)CC1)c1nc(-c2ccnc(C(F)(F)F)c2)no1. The lowest BCUT2D eigenvalue weighted by Crippen LogP contribution is -2.35. The van der Waals surface area contributed by atoms with E-state index in [9.17, 15) is 23.1 Å². The van der Waals surface area contributed by atoms with E-state index in [1.165, 1.54) is 6.07 Å². The van der Waals surface area contributed by atoms with Crippen LogP contribution in [-0.4, -0.2) is 32.2 Å². The fourth-order valence-corrected chi connectivity index (χ4v) is 2.98. The molecule has 1 aliphatic rings. The van der Waals surface area contributed by atoms with Crippen molar-refractivity contribution in [3.8, 4) is 11.4 Å². The van der Waals surface area contributed by atoms with E-state index in [0.29, 0.717) is 25.7 Å². The lowest BCUT2D eigenvalue weighted by molar-refractivity contribution is -0.141. The van der Waals surface area contributed by atoms with Gasteiger partial charge in [-0.2, -0.15) is 18.2 Å². The molecule has 2 heterocycles. The maximum Gasteiger partial charge on any atom is 0.433 e.